The molecule has 7 heteroatoms. The molecular weight excluding hydrogens is 368 g/mol. The molecule has 7 nitrogen and oxygen atoms in total. The average molecular weight is 401 g/mol. The number of nitrogens with zero attached hydrogens (tertiary/aromatic N) is 2. The van der Waals surface area contributed by atoms with E-state index in [1.807, 2.05) is 30.3 Å². The molecule has 1 atom stereocenters. The minimum atomic E-state index is -0.145. The third-order valence-electron chi connectivity index (χ3n) is 5.62. The van der Waals surface area contributed by atoms with Crippen molar-refractivity contribution in [2.45, 2.75) is 45.1 Å². The number of benzene rings is 1. The van der Waals surface area contributed by atoms with Crippen LogP contribution in [-0.4, -0.2) is 61.1 Å². The maximum absolute atomic E-state index is 12.3. The van der Waals surface area contributed by atoms with Crippen LogP contribution in [0, 0.1) is 0 Å². The molecule has 0 spiro atoms. The highest BCUT2D eigenvalue weighted by Gasteiger charge is 2.22. The number of likely N-dealkylation sites (tertiary alicyclic amines) is 1. The van der Waals surface area contributed by atoms with Crippen LogP contribution in [-0.2, 0) is 9.59 Å². The predicted molar refractivity (Wildman–Crippen MR) is 113 cm³/mol. The van der Waals surface area contributed by atoms with Crippen LogP contribution in [0.2, 0.25) is 0 Å². The van der Waals surface area contributed by atoms with Crippen LogP contribution in [0.5, 0.6) is 5.75 Å². The Morgan fingerprint density at radius 2 is 2.07 bits per heavy atom. The summed E-state index contributed by atoms with van der Waals surface area (Å²) in [6.07, 6.45) is 6.89. The van der Waals surface area contributed by atoms with Crippen LogP contribution in [0.25, 0.3) is 5.70 Å². The second-order valence-corrected chi connectivity index (χ2v) is 7.73. The lowest BCUT2D eigenvalue weighted by Crippen LogP contribution is -2.49. The molecule has 2 N–H and O–H groups in total. The monoisotopic (exact) mass is 400 g/mol. The Bertz CT molecular complexity index is 732. The first-order valence-corrected chi connectivity index (χ1v) is 10.5. The van der Waals surface area contributed by atoms with E-state index in [9.17, 15) is 9.59 Å². The standard InChI is InChI=1S/C22H32N4O3/c1-17-6-3-4-14-25(17)15-5-13-23-21(27)16-26-22(28)12-11-20(24-26)18-7-9-19(29-2)10-8-18/h7-11,17,24H,3-6,12-16H2,1-2H3,(H,23,27). The Hall–Kier alpha value is -2.54. The lowest BCUT2D eigenvalue weighted by molar-refractivity contribution is -0.137. The minimum Gasteiger partial charge on any atom is -0.497 e. The number of ether oxygens (including phenoxy) is 1. The van der Waals surface area contributed by atoms with Crippen molar-refractivity contribution in [2.24, 2.45) is 0 Å². The van der Waals surface area contributed by atoms with Crippen molar-refractivity contribution in [1.82, 2.24) is 20.7 Å². The van der Waals surface area contributed by atoms with Gasteiger partial charge in [-0.1, -0.05) is 6.42 Å². The first-order valence-electron chi connectivity index (χ1n) is 10.5. The van der Waals surface area contributed by atoms with Gasteiger partial charge in [0, 0.05) is 25.6 Å². The fourth-order valence-electron chi connectivity index (χ4n) is 3.83. The van der Waals surface area contributed by atoms with Gasteiger partial charge < -0.3 is 15.0 Å². The van der Waals surface area contributed by atoms with Gasteiger partial charge in [0.15, 0.2) is 0 Å². The highest BCUT2D eigenvalue weighted by Crippen LogP contribution is 2.20. The SMILES string of the molecule is COc1ccc(C2=CCC(=O)N(CC(=O)NCCCN3CCCCC3C)N2)cc1. The fourth-order valence-corrected chi connectivity index (χ4v) is 3.83. The van der Waals surface area contributed by atoms with Gasteiger partial charge in [-0.05, 0) is 68.6 Å². The smallest absolute Gasteiger partial charge is 0.245 e. The molecule has 2 aliphatic rings. The van der Waals surface area contributed by atoms with Crippen LogP contribution < -0.4 is 15.5 Å². The zero-order valence-corrected chi connectivity index (χ0v) is 17.4. The van der Waals surface area contributed by atoms with E-state index < -0.39 is 0 Å². The molecule has 3 rings (SSSR count). The van der Waals surface area contributed by atoms with E-state index in [4.69, 9.17) is 4.74 Å². The molecule has 0 aliphatic carbocycles. The van der Waals surface area contributed by atoms with Crippen molar-refractivity contribution in [3.8, 4) is 5.75 Å². The topological polar surface area (TPSA) is 73.9 Å². The first kappa shape index (κ1) is 21.2. The average Bonchev–Trinajstić information content (AvgIpc) is 2.74. The molecule has 29 heavy (non-hydrogen) atoms. The molecule has 2 amide bonds. The van der Waals surface area contributed by atoms with E-state index >= 15 is 0 Å². The molecule has 2 aliphatic heterocycles. The van der Waals surface area contributed by atoms with E-state index in [2.05, 4.69) is 22.6 Å². The Kier molecular flexibility index (Phi) is 7.52. The van der Waals surface area contributed by atoms with Gasteiger partial charge in [0.1, 0.15) is 12.3 Å². The van der Waals surface area contributed by atoms with Crippen molar-refractivity contribution >= 4 is 17.5 Å². The normalized spacial score (nSPS) is 20.1. The Balaban J connectivity index is 1.43. The first-order chi connectivity index (χ1) is 14.1. The van der Waals surface area contributed by atoms with Gasteiger partial charge in [0.05, 0.1) is 12.8 Å². The van der Waals surface area contributed by atoms with Gasteiger partial charge in [-0.25, -0.2) is 5.01 Å². The summed E-state index contributed by atoms with van der Waals surface area (Å²) >= 11 is 0. The van der Waals surface area contributed by atoms with Crippen LogP contribution in [0.1, 0.15) is 44.6 Å². The molecule has 0 aromatic heterocycles. The lowest BCUT2D eigenvalue weighted by Gasteiger charge is -2.33. The summed E-state index contributed by atoms with van der Waals surface area (Å²) in [7, 11) is 1.62. The zero-order valence-electron chi connectivity index (χ0n) is 17.4. The number of nitrogens with one attached hydrogen (secondary N) is 2. The van der Waals surface area contributed by atoms with E-state index in [0.717, 1.165) is 36.5 Å². The van der Waals surface area contributed by atoms with E-state index in [1.54, 1.807) is 7.11 Å². The molecule has 1 unspecified atom stereocenters. The molecular formula is C22H32N4O3. The van der Waals surface area contributed by atoms with Crippen LogP contribution in [0.4, 0.5) is 0 Å². The lowest BCUT2D eigenvalue weighted by atomic mass is 10.0. The van der Waals surface area contributed by atoms with E-state index in [1.165, 1.54) is 24.3 Å². The van der Waals surface area contributed by atoms with Crippen LogP contribution >= 0.6 is 0 Å². The van der Waals surface area contributed by atoms with Gasteiger partial charge in [0.25, 0.3) is 0 Å². The van der Waals surface area contributed by atoms with Gasteiger partial charge in [0.2, 0.25) is 11.8 Å². The molecule has 1 aromatic carbocycles. The third kappa shape index (κ3) is 5.97. The summed E-state index contributed by atoms with van der Waals surface area (Å²) in [5, 5.41) is 4.33. The van der Waals surface area contributed by atoms with Crippen LogP contribution in [0.3, 0.4) is 0 Å². The van der Waals surface area contributed by atoms with Crippen molar-refractivity contribution in [2.75, 3.05) is 33.3 Å². The molecule has 158 valence electrons. The fraction of sp³-hybridized carbons (Fsp3) is 0.545. The Morgan fingerprint density at radius 3 is 2.79 bits per heavy atom. The predicted octanol–water partition coefficient (Wildman–Crippen LogP) is 2.15. The summed E-state index contributed by atoms with van der Waals surface area (Å²) in [6.45, 7) is 5.07. The number of rotatable bonds is 8. The number of hydrogen-bond donors (Lipinski definition) is 2. The largest absolute Gasteiger partial charge is 0.497 e. The van der Waals surface area contributed by atoms with E-state index in [0.29, 0.717) is 12.6 Å². The van der Waals surface area contributed by atoms with Gasteiger partial charge in [-0.2, -0.15) is 0 Å². The number of piperidine rings is 1. The molecule has 1 fully saturated rings. The summed E-state index contributed by atoms with van der Waals surface area (Å²) < 4.78 is 5.18. The molecule has 2 heterocycles. The Labute approximate surface area is 173 Å². The molecule has 0 radical (unpaired) electrons. The molecule has 0 bridgehead atoms. The molecule has 1 aromatic rings. The van der Waals surface area contributed by atoms with Crippen molar-refractivity contribution < 1.29 is 14.3 Å². The number of carbonyl (C=O) groups is 2. The molecule has 0 saturated carbocycles. The van der Waals surface area contributed by atoms with Crippen molar-refractivity contribution in [3.05, 3.63) is 35.9 Å². The summed E-state index contributed by atoms with van der Waals surface area (Å²) in [4.78, 5) is 27.0. The maximum Gasteiger partial charge on any atom is 0.245 e. The number of methoxy groups -OCH3 is 1. The number of carbonyl (C=O) groups excluding carboxylic acids is 2. The second-order valence-electron chi connectivity index (χ2n) is 7.73. The van der Waals surface area contributed by atoms with Gasteiger partial charge in [-0.3, -0.25) is 15.0 Å². The second kappa shape index (κ2) is 10.3. The van der Waals surface area contributed by atoms with Gasteiger partial charge in [-0.15, -0.1) is 0 Å². The van der Waals surface area contributed by atoms with Crippen molar-refractivity contribution in [1.29, 1.82) is 0 Å². The number of amides is 2. The highest BCUT2D eigenvalue weighted by molar-refractivity contribution is 5.88. The number of hydrazine groups is 1. The quantitative estimate of drug-likeness (QED) is 0.654. The van der Waals surface area contributed by atoms with Crippen molar-refractivity contribution in [3.63, 3.8) is 0 Å². The van der Waals surface area contributed by atoms with Gasteiger partial charge >= 0.3 is 0 Å². The van der Waals surface area contributed by atoms with Crippen LogP contribution in [0.15, 0.2) is 30.3 Å². The third-order valence-corrected chi connectivity index (χ3v) is 5.62. The van der Waals surface area contributed by atoms with E-state index in [-0.39, 0.29) is 24.8 Å². The summed E-state index contributed by atoms with van der Waals surface area (Å²) in [5.41, 5.74) is 4.83. The number of hydrogen-bond acceptors (Lipinski definition) is 5. The highest BCUT2D eigenvalue weighted by atomic mass is 16.5. The zero-order chi connectivity index (χ0) is 20.6. The maximum atomic E-state index is 12.3. The minimum absolute atomic E-state index is 0.00639. The summed E-state index contributed by atoms with van der Waals surface area (Å²) in [5.74, 6) is 0.518. The molecule has 1 saturated heterocycles. The Morgan fingerprint density at radius 1 is 1.28 bits per heavy atom. The summed E-state index contributed by atoms with van der Waals surface area (Å²) in [6, 6.07) is 8.22.